The molecule has 3 atom stereocenters. The van der Waals surface area contributed by atoms with Crippen LogP contribution >= 0.6 is 0 Å². The SMILES string of the molecule is CC(=O)C1=C(O)C[C@@]2(C)C[C@@]3(C)Cc4c(C(C)C)cc(C#CC5(O)CCCCC5)c(O)c4C(=O)C3=C(O)[C@@]2(O)C1=O. The number of phenolic OH excluding ortho intramolecular Hbond substituents is 1. The van der Waals surface area contributed by atoms with E-state index in [1.54, 1.807) is 19.9 Å². The lowest BCUT2D eigenvalue weighted by Crippen LogP contribution is -2.63. The highest BCUT2D eigenvalue weighted by Gasteiger charge is 2.67. The Bertz CT molecular complexity index is 1530. The average molecular weight is 563 g/mol. The van der Waals surface area contributed by atoms with Crippen molar-refractivity contribution in [2.24, 2.45) is 10.8 Å². The summed E-state index contributed by atoms with van der Waals surface area (Å²) in [6, 6.07) is 1.75. The summed E-state index contributed by atoms with van der Waals surface area (Å²) in [6.45, 7) is 8.34. The predicted octanol–water partition coefficient (Wildman–Crippen LogP) is 4.63. The minimum Gasteiger partial charge on any atom is -0.511 e. The maximum absolute atomic E-state index is 14.3. The number of allylic oxidation sites excluding steroid dienone is 2. The van der Waals surface area contributed by atoms with E-state index in [4.69, 9.17) is 0 Å². The molecule has 0 aromatic heterocycles. The smallest absolute Gasteiger partial charge is 0.209 e. The molecule has 0 aliphatic heterocycles. The van der Waals surface area contributed by atoms with E-state index in [-0.39, 0.29) is 47.6 Å². The Hall–Kier alpha value is -3.41. The van der Waals surface area contributed by atoms with Gasteiger partial charge in [0.25, 0.3) is 0 Å². The number of carbonyl (C=O) groups is 3. The molecule has 1 fully saturated rings. The molecular formula is C33H38O8. The van der Waals surface area contributed by atoms with Gasteiger partial charge in [0, 0.05) is 22.8 Å². The fourth-order valence-electron chi connectivity index (χ4n) is 7.81. The zero-order valence-electron chi connectivity index (χ0n) is 24.3. The first-order chi connectivity index (χ1) is 19.0. The minimum absolute atomic E-state index is 0.0456. The van der Waals surface area contributed by atoms with Gasteiger partial charge >= 0.3 is 0 Å². The summed E-state index contributed by atoms with van der Waals surface area (Å²) in [7, 11) is 0. The van der Waals surface area contributed by atoms with E-state index >= 15 is 0 Å². The molecule has 5 N–H and O–H groups in total. The minimum atomic E-state index is -2.61. The molecule has 0 radical (unpaired) electrons. The molecule has 0 unspecified atom stereocenters. The van der Waals surface area contributed by atoms with Crippen LogP contribution in [-0.2, 0) is 16.0 Å². The monoisotopic (exact) mass is 562 g/mol. The molecular weight excluding hydrogens is 524 g/mol. The van der Waals surface area contributed by atoms with Crippen LogP contribution in [0.3, 0.4) is 0 Å². The maximum atomic E-state index is 14.3. The number of fused-ring (bicyclic) bond motifs is 3. The number of aliphatic hydroxyl groups is 4. The molecule has 41 heavy (non-hydrogen) atoms. The number of hydrogen-bond acceptors (Lipinski definition) is 8. The molecule has 1 saturated carbocycles. The third-order valence-corrected chi connectivity index (χ3v) is 9.79. The molecule has 5 rings (SSSR count). The van der Waals surface area contributed by atoms with Gasteiger partial charge in [-0.2, -0.15) is 0 Å². The van der Waals surface area contributed by atoms with Crippen molar-refractivity contribution in [2.45, 2.75) is 103 Å². The third kappa shape index (κ3) is 4.08. The van der Waals surface area contributed by atoms with Crippen molar-refractivity contribution in [3.05, 3.63) is 51.0 Å². The number of ketones is 3. The molecule has 1 aromatic carbocycles. The van der Waals surface area contributed by atoms with Gasteiger partial charge < -0.3 is 25.5 Å². The van der Waals surface area contributed by atoms with Gasteiger partial charge in [0.05, 0.1) is 11.1 Å². The van der Waals surface area contributed by atoms with Gasteiger partial charge in [-0.1, -0.05) is 46.0 Å². The number of benzene rings is 1. The van der Waals surface area contributed by atoms with E-state index < -0.39 is 56.5 Å². The van der Waals surface area contributed by atoms with Gasteiger partial charge in [0.1, 0.15) is 28.4 Å². The Morgan fingerprint density at radius 2 is 1.63 bits per heavy atom. The summed E-state index contributed by atoms with van der Waals surface area (Å²) in [6.07, 6.45) is 3.80. The first-order valence-corrected chi connectivity index (χ1v) is 14.3. The topological polar surface area (TPSA) is 152 Å². The summed E-state index contributed by atoms with van der Waals surface area (Å²) in [5.41, 5.74) is -5.50. The fourth-order valence-corrected chi connectivity index (χ4v) is 7.81. The summed E-state index contributed by atoms with van der Waals surface area (Å²) in [5, 5.41) is 56.4. The molecule has 8 nitrogen and oxygen atoms in total. The number of hydrogen-bond donors (Lipinski definition) is 5. The van der Waals surface area contributed by atoms with Crippen LogP contribution in [0.25, 0.3) is 0 Å². The van der Waals surface area contributed by atoms with Gasteiger partial charge in [-0.3, -0.25) is 14.4 Å². The molecule has 0 amide bonds. The van der Waals surface area contributed by atoms with Crippen LogP contribution < -0.4 is 0 Å². The molecule has 0 spiro atoms. The zero-order chi connectivity index (χ0) is 30.3. The molecule has 218 valence electrons. The van der Waals surface area contributed by atoms with E-state index in [9.17, 15) is 39.9 Å². The highest BCUT2D eigenvalue weighted by molar-refractivity contribution is 6.25. The Labute approximate surface area is 239 Å². The Balaban J connectivity index is 1.72. The van der Waals surface area contributed by atoms with Gasteiger partial charge in [-0.15, -0.1) is 0 Å². The molecule has 8 heteroatoms. The van der Waals surface area contributed by atoms with Crippen molar-refractivity contribution in [3.8, 4) is 17.6 Å². The molecule has 4 aliphatic carbocycles. The van der Waals surface area contributed by atoms with Crippen LogP contribution in [0.5, 0.6) is 5.75 Å². The molecule has 1 aromatic rings. The number of carbonyl (C=O) groups excluding carboxylic acids is 3. The van der Waals surface area contributed by atoms with Gasteiger partial charge in [-0.25, -0.2) is 0 Å². The second-order valence-corrected chi connectivity index (χ2v) is 13.3. The summed E-state index contributed by atoms with van der Waals surface area (Å²) < 4.78 is 0. The number of aliphatic hydroxyl groups excluding tert-OH is 2. The third-order valence-electron chi connectivity index (χ3n) is 9.79. The predicted molar refractivity (Wildman–Crippen MR) is 151 cm³/mol. The molecule has 0 saturated heterocycles. The Kier molecular flexibility index (Phi) is 6.60. The van der Waals surface area contributed by atoms with E-state index in [1.165, 1.54) is 0 Å². The van der Waals surface area contributed by atoms with E-state index in [2.05, 4.69) is 11.8 Å². The quantitative estimate of drug-likeness (QED) is 0.258. The fraction of sp³-hybridized carbons (Fsp3) is 0.545. The molecule has 4 aliphatic rings. The number of aromatic hydroxyl groups is 1. The second kappa shape index (κ2) is 9.30. The van der Waals surface area contributed by atoms with Crippen LogP contribution in [-0.4, -0.2) is 54.1 Å². The van der Waals surface area contributed by atoms with Gasteiger partial charge in [0.15, 0.2) is 17.2 Å². The number of Topliss-reactive ketones (excluding diaryl/α,β-unsaturated/α-hetero) is 3. The lowest BCUT2D eigenvalue weighted by atomic mass is 9.48. The van der Waals surface area contributed by atoms with Crippen LogP contribution in [0.2, 0.25) is 0 Å². The van der Waals surface area contributed by atoms with Crippen molar-refractivity contribution in [1.82, 2.24) is 0 Å². The Morgan fingerprint density at radius 1 is 1.00 bits per heavy atom. The highest BCUT2D eigenvalue weighted by Crippen LogP contribution is 2.62. The van der Waals surface area contributed by atoms with Crippen molar-refractivity contribution >= 4 is 17.3 Å². The average Bonchev–Trinajstić information content (AvgIpc) is 2.85. The van der Waals surface area contributed by atoms with Crippen LogP contribution in [0.15, 0.2) is 28.7 Å². The largest absolute Gasteiger partial charge is 0.511 e. The van der Waals surface area contributed by atoms with Gasteiger partial charge in [-0.05, 0) is 68.6 Å². The van der Waals surface area contributed by atoms with E-state index in [0.717, 1.165) is 31.7 Å². The standard InChI is InChI=1S/C33H38O8/c1-17(2)20-13-19(9-12-32(40)10-7-6-8-11-32)26(36)24-21(20)14-30(4)16-31(5)15-22(35)23(18(3)34)28(38)33(31,41)29(39)25(30)27(24)37/h13,17,35-36,39-41H,6-8,10-11,14-16H2,1-5H3/t30-,31+,33+/m1/s1. The summed E-state index contributed by atoms with van der Waals surface area (Å²) in [5.74, 6) is 1.48. The van der Waals surface area contributed by atoms with Crippen molar-refractivity contribution < 1.29 is 39.9 Å². The molecule has 0 heterocycles. The van der Waals surface area contributed by atoms with Crippen molar-refractivity contribution in [2.75, 3.05) is 0 Å². The van der Waals surface area contributed by atoms with Crippen LogP contribution in [0.1, 0.15) is 113 Å². The lowest BCUT2D eigenvalue weighted by Gasteiger charge is -2.56. The molecule has 0 bridgehead atoms. The zero-order valence-corrected chi connectivity index (χ0v) is 24.3. The number of rotatable bonds is 2. The summed E-state index contributed by atoms with van der Waals surface area (Å²) >= 11 is 0. The van der Waals surface area contributed by atoms with Crippen molar-refractivity contribution in [3.63, 3.8) is 0 Å². The Morgan fingerprint density at radius 3 is 2.22 bits per heavy atom. The highest BCUT2D eigenvalue weighted by atomic mass is 16.3. The number of phenols is 1. The van der Waals surface area contributed by atoms with Crippen molar-refractivity contribution in [1.29, 1.82) is 0 Å². The van der Waals surface area contributed by atoms with E-state index in [0.29, 0.717) is 18.4 Å². The normalized spacial score (nSPS) is 30.8. The van der Waals surface area contributed by atoms with E-state index in [1.807, 2.05) is 13.8 Å². The first-order valence-electron chi connectivity index (χ1n) is 14.3. The van der Waals surface area contributed by atoms with Crippen LogP contribution in [0, 0.1) is 22.7 Å². The summed E-state index contributed by atoms with van der Waals surface area (Å²) in [4.78, 5) is 40.0. The first kappa shape index (κ1) is 29.1. The second-order valence-electron chi connectivity index (χ2n) is 13.3. The van der Waals surface area contributed by atoms with Gasteiger partial charge in [0.2, 0.25) is 5.78 Å². The maximum Gasteiger partial charge on any atom is 0.209 e. The van der Waals surface area contributed by atoms with Crippen LogP contribution in [0.4, 0.5) is 0 Å². The lowest BCUT2D eigenvalue weighted by molar-refractivity contribution is -0.159.